The molecule has 0 saturated heterocycles. The number of rotatable bonds is 4. The van der Waals surface area contributed by atoms with Crippen molar-refractivity contribution in [3.63, 3.8) is 0 Å². The highest BCUT2D eigenvalue weighted by molar-refractivity contribution is 5.96. The summed E-state index contributed by atoms with van der Waals surface area (Å²) in [6.45, 7) is 0. The lowest BCUT2D eigenvalue weighted by atomic mass is 10.2. The van der Waals surface area contributed by atoms with Crippen molar-refractivity contribution >= 4 is 23.6 Å². The van der Waals surface area contributed by atoms with Crippen molar-refractivity contribution in [2.75, 3.05) is 5.73 Å². The minimum atomic E-state index is -0.737. The van der Waals surface area contributed by atoms with E-state index in [0.29, 0.717) is 0 Å². The molecule has 1 heterocycles. The van der Waals surface area contributed by atoms with Gasteiger partial charge in [-0.3, -0.25) is 14.9 Å². The maximum atomic E-state index is 11.5. The van der Waals surface area contributed by atoms with E-state index in [1.54, 1.807) is 6.07 Å². The number of nitro benzene ring substituents is 1. The second-order valence-electron chi connectivity index (χ2n) is 3.51. The Hall–Kier alpha value is -3.30. The van der Waals surface area contributed by atoms with Gasteiger partial charge in [-0.05, 0) is 16.4 Å². The fourth-order valence-corrected chi connectivity index (χ4v) is 1.33. The minimum absolute atomic E-state index is 0.131. The molecule has 0 unspecified atom stereocenters. The summed E-state index contributed by atoms with van der Waals surface area (Å²) in [7, 11) is 0. The zero-order valence-corrected chi connectivity index (χ0v) is 9.89. The quantitative estimate of drug-likeness (QED) is 0.463. The first-order valence-corrected chi connectivity index (χ1v) is 5.24. The summed E-state index contributed by atoms with van der Waals surface area (Å²) in [6.07, 6.45) is 1.14. The van der Waals surface area contributed by atoms with Gasteiger partial charge >= 0.3 is 0 Å². The topological polar surface area (TPSA) is 150 Å². The highest BCUT2D eigenvalue weighted by Gasteiger charge is 2.15. The van der Waals surface area contributed by atoms with Gasteiger partial charge in [0.15, 0.2) is 0 Å². The summed E-state index contributed by atoms with van der Waals surface area (Å²) in [5, 5.41) is 20.9. The zero-order valence-electron chi connectivity index (χ0n) is 9.89. The number of nitrogens with two attached hydrogens (primary N) is 1. The summed E-state index contributed by atoms with van der Waals surface area (Å²) in [6, 6.07) is 5.94. The number of hydrogen-bond acceptors (Lipinski definition) is 8. The van der Waals surface area contributed by atoms with Gasteiger partial charge in [-0.25, -0.2) is 10.1 Å². The van der Waals surface area contributed by atoms with E-state index in [4.69, 9.17) is 5.73 Å². The number of nitro groups is 1. The summed E-state index contributed by atoms with van der Waals surface area (Å²) >= 11 is 0. The number of carbonyl (C=O) groups is 1. The van der Waals surface area contributed by atoms with Crippen LogP contribution in [0.25, 0.3) is 0 Å². The van der Waals surface area contributed by atoms with Gasteiger partial charge in [0, 0.05) is 6.07 Å². The summed E-state index contributed by atoms with van der Waals surface area (Å²) < 4.78 is 4.25. The number of aromatic nitrogens is 2. The number of anilines is 1. The van der Waals surface area contributed by atoms with E-state index in [9.17, 15) is 14.9 Å². The molecule has 0 aliphatic carbocycles. The molecule has 0 aliphatic rings. The standard InChI is InChI=1S/C10H8N6O4/c11-9-8(14-20-15-9)10(17)13-12-5-6-3-1-2-4-7(6)16(18)19/h1-5H,(H2,11,15)(H,13,17)/b12-5-. The first-order valence-electron chi connectivity index (χ1n) is 5.24. The highest BCUT2D eigenvalue weighted by Crippen LogP contribution is 2.15. The first kappa shape index (κ1) is 13.1. The van der Waals surface area contributed by atoms with Crippen LogP contribution in [-0.4, -0.2) is 27.4 Å². The number of para-hydroxylation sites is 1. The number of amides is 1. The molecule has 1 aromatic carbocycles. The van der Waals surface area contributed by atoms with Crippen molar-refractivity contribution in [1.29, 1.82) is 0 Å². The van der Waals surface area contributed by atoms with Gasteiger partial charge in [0.05, 0.1) is 16.7 Å². The van der Waals surface area contributed by atoms with Crippen molar-refractivity contribution in [2.45, 2.75) is 0 Å². The van der Waals surface area contributed by atoms with Crippen molar-refractivity contribution < 1.29 is 14.3 Å². The molecule has 10 nitrogen and oxygen atoms in total. The monoisotopic (exact) mass is 276 g/mol. The smallest absolute Gasteiger partial charge is 0.297 e. The molecule has 10 heteroatoms. The molecule has 0 saturated carbocycles. The van der Waals surface area contributed by atoms with Crippen molar-refractivity contribution in [2.24, 2.45) is 5.10 Å². The lowest BCUT2D eigenvalue weighted by Crippen LogP contribution is -2.19. The number of nitrogens with zero attached hydrogens (tertiary/aromatic N) is 4. The second kappa shape index (κ2) is 5.56. The van der Waals surface area contributed by atoms with Gasteiger partial charge in [-0.15, -0.1) is 0 Å². The van der Waals surface area contributed by atoms with Gasteiger partial charge in [0.1, 0.15) is 0 Å². The summed E-state index contributed by atoms with van der Waals surface area (Å²) in [5.41, 5.74) is 7.32. The maximum Gasteiger partial charge on any atom is 0.297 e. The predicted octanol–water partition coefficient (Wildman–Crippen LogP) is 0.324. The van der Waals surface area contributed by atoms with Gasteiger partial charge in [-0.1, -0.05) is 12.1 Å². The molecule has 3 N–H and O–H groups in total. The molecule has 102 valence electrons. The average molecular weight is 276 g/mol. The van der Waals surface area contributed by atoms with Crippen molar-refractivity contribution in [3.05, 3.63) is 45.6 Å². The van der Waals surface area contributed by atoms with E-state index in [0.717, 1.165) is 6.21 Å². The molecule has 0 atom stereocenters. The fourth-order valence-electron chi connectivity index (χ4n) is 1.33. The van der Waals surface area contributed by atoms with Gasteiger partial charge in [0.2, 0.25) is 11.5 Å². The predicted molar refractivity (Wildman–Crippen MR) is 66.9 cm³/mol. The number of nitrogens with one attached hydrogen (secondary N) is 1. The molecule has 1 amide bonds. The molecule has 0 spiro atoms. The van der Waals surface area contributed by atoms with Crippen LogP contribution in [-0.2, 0) is 0 Å². The van der Waals surface area contributed by atoms with Gasteiger partial charge in [-0.2, -0.15) is 5.10 Å². The van der Waals surface area contributed by atoms with E-state index in [1.807, 2.05) is 0 Å². The maximum absolute atomic E-state index is 11.5. The molecule has 2 rings (SSSR count). The van der Waals surface area contributed by atoms with Crippen LogP contribution in [0, 0.1) is 10.1 Å². The van der Waals surface area contributed by atoms with Crippen LogP contribution in [0.1, 0.15) is 16.1 Å². The lowest BCUT2D eigenvalue weighted by Gasteiger charge is -1.97. The normalized spacial score (nSPS) is 10.6. The molecule has 0 aliphatic heterocycles. The molecule has 20 heavy (non-hydrogen) atoms. The minimum Gasteiger partial charge on any atom is -0.379 e. The van der Waals surface area contributed by atoms with Crippen molar-refractivity contribution in [1.82, 2.24) is 15.7 Å². The van der Waals surface area contributed by atoms with E-state index in [2.05, 4.69) is 25.5 Å². The van der Waals surface area contributed by atoms with Crippen LogP contribution in [0.4, 0.5) is 11.5 Å². The van der Waals surface area contributed by atoms with E-state index < -0.39 is 10.8 Å². The molecule has 0 fully saturated rings. The third kappa shape index (κ3) is 2.75. The second-order valence-corrected chi connectivity index (χ2v) is 3.51. The van der Waals surface area contributed by atoms with Gasteiger partial charge in [0.25, 0.3) is 11.6 Å². The van der Waals surface area contributed by atoms with Crippen LogP contribution in [0.15, 0.2) is 34.0 Å². The number of hydrogen-bond donors (Lipinski definition) is 2. The molecular weight excluding hydrogens is 268 g/mol. The fraction of sp³-hybridized carbons (Fsp3) is 0. The highest BCUT2D eigenvalue weighted by atomic mass is 16.6. The third-order valence-corrected chi connectivity index (χ3v) is 2.23. The Bertz CT molecular complexity index is 680. The first-order chi connectivity index (χ1) is 9.59. The Kier molecular flexibility index (Phi) is 3.65. The molecule has 2 aromatic rings. The number of hydrazone groups is 1. The Morgan fingerprint density at radius 2 is 2.20 bits per heavy atom. The molecule has 0 radical (unpaired) electrons. The lowest BCUT2D eigenvalue weighted by molar-refractivity contribution is -0.385. The van der Waals surface area contributed by atoms with Crippen LogP contribution >= 0.6 is 0 Å². The molecule has 0 bridgehead atoms. The Balaban J connectivity index is 2.10. The van der Waals surface area contributed by atoms with E-state index in [1.165, 1.54) is 18.2 Å². The van der Waals surface area contributed by atoms with Crippen LogP contribution in [0.5, 0.6) is 0 Å². The van der Waals surface area contributed by atoms with E-state index in [-0.39, 0.29) is 22.8 Å². The van der Waals surface area contributed by atoms with Crippen LogP contribution in [0.3, 0.4) is 0 Å². The van der Waals surface area contributed by atoms with E-state index >= 15 is 0 Å². The van der Waals surface area contributed by atoms with Crippen LogP contribution in [0.2, 0.25) is 0 Å². The third-order valence-electron chi connectivity index (χ3n) is 2.23. The molecule has 1 aromatic heterocycles. The van der Waals surface area contributed by atoms with Crippen LogP contribution < -0.4 is 11.2 Å². The Labute approximate surface area is 111 Å². The summed E-state index contributed by atoms with van der Waals surface area (Å²) in [5.74, 6) is -0.915. The number of benzene rings is 1. The Morgan fingerprint density at radius 1 is 1.45 bits per heavy atom. The Morgan fingerprint density at radius 3 is 2.85 bits per heavy atom. The number of carbonyl (C=O) groups excluding carboxylic acids is 1. The zero-order chi connectivity index (χ0) is 14.5. The summed E-state index contributed by atoms with van der Waals surface area (Å²) in [4.78, 5) is 21.7. The van der Waals surface area contributed by atoms with Gasteiger partial charge < -0.3 is 5.73 Å². The SMILES string of the molecule is Nc1nonc1C(=O)N/N=C\c1ccccc1[N+](=O)[O-]. The largest absolute Gasteiger partial charge is 0.379 e. The van der Waals surface area contributed by atoms with Crippen molar-refractivity contribution in [3.8, 4) is 0 Å². The molecular formula is C10H8N6O4. The number of nitrogen functional groups attached to an aromatic ring is 1. The average Bonchev–Trinajstić information content (AvgIpc) is 2.85.